The van der Waals surface area contributed by atoms with Gasteiger partial charge in [0.25, 0.3) is 0 Å². The summed E-state index contributed by atoms with van der Waals surface area (Å²) in [4.78, 5) is 19.5. The van der Waals surface area contributed by atoms with E-state index in [-0.39, 0.29) is 16.7 Å². The van der Waals surface area contributed by atoms with Crippen LogP contribution >= 0.6 is 11.6 Å². The molecule has 1 unspecified atom stereocenters. The molecule has 1 rings (SSSR count). The van der Waals surface area contributed by atoms with E-state index in [9.17, 15) is 4.79 Å². The van der Waals surface area contributed by atoms with Crippen molar-refractivity contribution in [2.45, 2.75) is 39.3 Å². The number of carbonyl (C=O) groups excluding carboxylic acids is 1. The van der Waals surface area contributed by atoms with Gasteiger partial charge < -0.3 is 16.4 Å². The van der Waals surface area contributed by atoms with Gasteiger partial charge in [0, 0.05) is 5.54 Å². The predicted molar refractivity (Wildman–Crippen MR) is 72.4 cm³/mol. The molecule has 0 fully saturated rings. The Labute approximate surface area is 111 Å². The molecule has 0 aliphatic heterocycles. The lowest BCUT2D eigenvalue weighted by molar-refractivity contribution is -0.122. The second-order valence-corrected chi connectivity index (χ2v) is 5.39. The largest absolute Gasteiger partial charge is 0.394 e. The zero-order valence-electron chi connectivity index (χ0n) is 10.9. The van der Waals surface area contributed by atoms with Crippen LogP contribution < -0.4 is 16.4 Å². The molecule has 6 nitrogen and oxygen atoms in total. The first-order valence-electron chi connectivity index (χ1n) is 5.55. The molecule has 0 radical (unpaired) electrons. The minimum atomic E-state index is -0.475. The Hall–Kier alpha value is -1.56. The Morgan fingerprint density at radius 1 is 1.50 bits per heavy atom. The second kappa shape index (κ2) is 5.39. The smallest absolute Gasteiger partial charge is 0.242 e. The lowest BCUT2D eigenvalue weighted by Gasteiger charge is -2.24. The van der Waals surface area contributed by atoms with Crippen molar-refractivity contribution in [3.05, 3.63) is 11.5 Å². The number of carbonyl (C=O) groups is 1. The quantitative estimate of drug-likeness (QED) is 0.723. The summed E-state index contributed by atoms with van der Waals surface area (Å²) in [5.74, 6) is 0.211. The normalized spacial score (nSPS) is 12.9. The maximum Gasteiger partial charge on any atom is 0.242 e. The van der Waals surface area contributed by atoms with Crippen LogP contribution in [0.3, 0.4) is 0 Å². The Balaban J connectivity index is 2.72. The Bertz CT molecular complexity index is 444. The third-order valence-corrected chi connectivity index (χ3v) is 2.21. The highest BCUT2D eigenvalue weighted by Crippen LogP contribution is 2.16. The highest BCUT2D eigenvalue weighted by molar-refractivity contribution is 6.28. The van der Waals surface area contributed by atoms with Crippen LogP contribution in [0.1, 0.15) is 27.7 Å². The van der Waals surface area contributed by atoms with Gasteiger partial charge in [-0.25, -0.2) is 4.98 Å². The van der Waals surface area contributed by atoms with Gasteiger partial charge in [-0.1, -0.05) is 0 Å². The zero-order valence-corrected chi connectivity index (χ0v) is 11.7. The van der Waals surface area contributed by atoms with Gasteiger partial charge in [0.15, 0.2) is 5.82 Å². The van der Waals surface area contributed by atoms with Crippen LogP contribution in [0.5, 0.6) is 0 Å². The van der Waals surface area contributed by atoms with Crippen LogP contribution in [0, 0.1) is 0 Å². The van der Waals surface area contributed by atoms with Crippen LogP contribution in [0.2, 0.25) is 5.28 Å². The number of hydrogen-bond donors (Lipinski definition) is 3. The first-order valence-corrected chi connectivity index (χ1v) is 5.93. The predicted octanol–water partition coefficient (Wildman–Crippen LogP) is 1.43. The van der Waals surface area contributed by atoms with E-state index < -0.39 is 6.04 Å². The van der Waals surface area contributed by atoms with Crippen molar-refractivity contribution in [2.75, 3.05) is 11.1 Å². The molecule has 1 aromatic heterocycles. The third kappa shape index (κ3) is 4.37. The summed E-state index contributed by atoms with van der Waals surface area (Å²) in [5, 5.41) is 5.83. The minimum Gasteiger partial charge on any atom is -0.394 e. The molecule has 1 atom stereocenters. The Kier molecular flexibility index (Phi) is 4.34. The monoisotopic (exact) mass is 271 g/mol. The fraction of sp³-hybridized carbons (Fsp3) is 0.545. The van der Waals surface area contributed by atoms with E-state index in [2.05, 4.69) is 20.6 Å². The van der Waals surface area contributed by atoms with E-state index in [4.69, 9.17) is 17.3 Å². The van der Waals surface area contributed by atoms with Crippen molar-refractivity contribution in [1.82, 2.24) is 15.3 Å². The summed E-state index contributed by atoms with van der Waals surface area (Å²) in [6, 6.07) is -0.475. The number of nitrogens with zero attached hydrogens (tertiary/aromatic N) is 2. The third-order valence-electron chi connectivity index (χ3n) is 2.03. The maximum atomic E-state index is 11.9. The van der Waals surface area contributed by atoms with Crippen molar-refractivity contribution in [2.24, 2.45) is 0 Å². The van der Waals surface area contributed by atoms with Gasteiger partial charge in [-0.15, -0.1) is 0 Å². The molecular weight excluding hydrogens is 254 g/mol. The molecule has 7 heteroatoms. The van der Waals surface area contributed by atoms with Gasteiger partial charge in [0.1, 0.15) is 6.04 Å². The average Bonchev–Trinajstić information content (AvgIpc) is 2.21. The number of nitrogens with one attached hydrogen (secondary N) is 2. The van der Waals surface area contributed by atoms with Gasteiger partial charge in [0.2, 0.25) is 11.2 Å². The Morgan fingerprint density at radius 3 is 2.67 bits per heavy atom. The van der Waals surface area contributed by atoms with Gasteiger partial charge in [0.05, 0.1) is 11.9 Å². The number of nitrogen functional groups attached to an aromatic ring is 1. The maximum absolute atomic E-state index is 11.9. The second-order valence-electron chi connectivity index (χ2n) is 5.05. The lowest BCUT2D eigenvalue weighted by Crippen LogP contribution is -2.47. The van der Waals surface area contributed by atoms with Gasteiger partial charge in [-0.3, -0.25) is 4.79 Å². The molecule has 100 valence electrons. The molecule has 1 heterocycles. The standard InChI is InChI=1S/C11H18ClN5O/c1-6(9(18)17-11(2,3)4)15-8-7(13)5-14-10(12)16-8/h5-6H,13H2,1-4H3,(H,17,18)(H,14,15,16). The number of hydrogen-bond acceptors (Lipinski definition) is 5. The number of aromatic nitrogens is 2. The van der Waals surface area contributed by atoms with Crippen molar-refractivity contribution in [3.8, 4) is 0 Å². The molecule has 1 aromatic rings. The summed E-state index contributed by atoms with van der Waals surface area (Å²) >= 11 is 5.67. The van der Waals surface area contributed by atoms with Crippen LogP contribution in [0.4, 0.5) is 11.5 Å². The van der Waals surface area contributed by atoms with E-state index >= 15 is 0 Å². The summed E-state index contributed by atoms with van der Waals surface area (Å²) in [6.07, 6.45) is 1.39. The zero-order chi connectivity index (χ0) is 13.9. The van der Waals surface area contributed by atoms with E-state index in [0.717, 1.165) is 0 Å². The average molecular weight is 272 g/mol. The molecule has 4 N–H and O–H groups in total. The van der Waals surface area contributed by atoms with Crippen molar-refractivity contribution >= 4 is 29.0 Å². The molecule has 0 aromatic carbocycles. The summed E-state index contributed by atoms with van der Waals surface area (Å²) < 4.78 is 0. The van der Waals surface area contributed by atoms with Gasteiger partial charge >= 0.3 is 0 Å². The van der Waals surface area contributed by atoms with Crippen molar-refractivity contribution < 1.29 is 4.79 Å². The van der Waals surface area contributed by atoms with Crippen LogP contribution in [0.25, 0.3) is 0 Å². The number of anilines is 2. The minimum absolute atomic E-state index is 0.0788. The molecule has 0 spiro atoms. The molecular formula is C11H18ClN5O. The highest BCUT2D eigenvalue weighted by Gasteiger charge is 2.20. The van der Waals surface area contributed by atoms with E-state index in [1.165, 1.54) is 6.20 Å². The van der Waals surface area contributed by atoms with Crippen LogP contribution in [-0.2, 0) is 4.79 Å². The fourth-order valence-corrected chi connectivity index (χ4v) is 1.37. The first kappa shape index (κ1) is 14.5. The van der Waals surface area contributed by atoms with Crippen molar-refractivity contribution in [1.29, 1.82) is 0 Å². The van der Waals surface area contributed by atoms with Gasteiger partial charge in [-0.2, -0.15) is 4.98 Å². The van der Waals surface area contributed by atoms with E-state index in [1.54, 1.807) is 6.92 Å². The van der Waals surface area contributed by atoms with Gasteiger partial charge in [-0.05, 0) is 39.3 Å². The van der Waals surface area contributed by atoms with Crippen LogP contribution in [-0.4, -0.2) is 27.5 Å². The van der Waals surface area contributed by atoms with E-state index in [0.29, 0.717) is 11.5 Å². The summed E-state index contributed by atoms with van der Waals surface area (Å²) in [5.41, 5.74) is 5.74. The summed E-state index contributed by atoms with van der Waals surface area (Å²) in [7, 11) is 0. The molecule has 18 heavy (non-hydrogen) atoms. The number of amides is 1. The Morgan fingerprint density at radius 2 is 2.11 bits per heavy atom. The molecule has 0 saturated carbocycles. The van der Waals surface area contributed by atoms with Crippen molar-refractivity contribution in [3.63, 3.8) is 0 Å². The first-order chi connectivity index (χ1) is 8.19. The summed E-state index contributed by atoms with van der Waals surface area (Å²) in [6.45, 7) is 7.45. The fourth-order valence-electron chi connectivity index (χ4n) is 1.23. The molecule has 1 amide bonds. The van der Waals surface area contributed by atoms with Crippen LogP contribution in [0.15, 0.2) is 6.20 Å². The topological polar surface area (TPSA) is 92.9 Å². The highest BCUT2D eigenvalue weighted by atomic mass is 35.5. The molecule has 0 bridgehead atoms. The molecule has 0 aliphatic rings. The molecule has 0 aliphatic carbocycles. The number of halogens is 1. The van der Waals surface area contributed by atoms with E-state index in [1.807, 2.05) is 20.8 Å². The molecule has 0 saturated heterocycles. The number of rotatable bonds is 3. The lowest BCUT2D eigenvalue weighted by atomic mass is 10.1. The SMILES string of the molecule is CC(Nc1nc(Cl)ncc1N)C(=O)NC(C)(C)C. The number of nitrogens with two attached hydrogens (primary N) is 1.